The Labute approximate surface area is 145 Å². The molecule has 0 radical (unpaired) electrons. The standard InChI is InChI=1S/C19H20O6/c1-23-16-10-13(5-6-14(16)22)19-18(11-21)24-17-9-12(3-2-8-20)4-7-15(17)25-19/h2-7,9-10,18-22H,8,11H2,1H3/b3-2+/t18-,19-/m0/s1. The van der Waals surface area contributed by atoms with Crippen LogP contribution in [0.3, 0.4) is 0 Å². The van der Waals surface area contributed by atoms with Crippen molar-refractivity contribution in [1.29, 1.82) is 0 Å². The average molecular weight is 344 g/mol. The molecule has 25 heavy (non-hydrogen) atoms. The first-order valence-electron chi connectivity index (χ1n) is 7.88. The number of aliphatic hydroxyl groups is 2. The van der Waals surface area contributed by atoms with E-state index in [1.807, 2.05) is 6.07 Å². The number of phenolic OH excluding ortho intramolecular Hbond substituents is 1. The fraction of sp³-hybridized carbons (Fsp3) is 0.263. The number of benzene rings is 2. The molecule has 0 aromatic heterocycles. The molecule has 2 atom stereocenters. The lowest BCUT2D eigenvalue weighted by Crippen LogP contribution is -2.36. The van der Waals surface area contributed by atoms with Crippen molar-refractivity contribution in [3.8, 4) is 23.0 Å². The van der Waals surface area contributed by atoms with Crippen molar-refractivity contribution in [2.75, 3.05) is 20.3 Å². The Balaban J connectivity index is 1.92. The van der Waals surface area contributed by atoms with E-state index < -0.39 is 12.2 Å². The molecule has 2 aromatic carbocycles. The number of rotatable bonds is 5. The van der Waals surface area contributed by atoms with E-state index in [-0.39, 0.29) is 19.0 Å². The summed E-state index contributed by atoms with van der Waals surface area (Å²) in [5.41, 5.74) is 1.58. The molecule has 0 spiro atoms. The summed E-state index contributed by atoms with van der Waals surface area (Å²) in [6.07, 6.45) is 2.26. The minimum Gasteiger partial charge on any atom is -0.504 e. The zero-order valence-electron chi connectivity index (χ0n) is 13.8. The van der Waals surface area contributed by atoms with Crippen LogP contribution in [0.5, 0.6) is 23.0 Å². The fourth-order valence-corrected chi connectivity index (χ4v) is 2.73. The van der Waals surface area contributed by atoms with Crippen molar-refractivity contribution in [2.24, 2.45) is 0 Å². The third-order valence-corrected chi connectivity index (χ3v) is 3.97. The first kappa shape index (κ1) is 17.1. The van der Waals surface area contributed by atoms with Crippen LogP contribution in [-0.2, 0) is 0 Å². The molecule has 0 unspecified atom stereocenters. The first-order chi connectivity index (χ1) is 12.2. The topological polar surface area (TPSA) is 88.4 Å². The second kappa shape index (κ2) is 7.46. The third-order valence-electron chi connectivity index (χ3n) is 3.97. The van der Waals surface area contributed by atoms with E-state index in [9.17, 15) is 10.2 Å². The van der Waals surface area contributed by atoms with Gasteiger partial charge in [0.2, 0.25) is 0 Å². The molecular weight excluding hydrogens is 324 g/mol. The Hall–Kier alpha value is -2.70. The third kappa shape index (κ3) is 3.55. The van der Waals surface area contributed by atoms with Gasteiger partial charge in [0.25, 0.3) is 0 Å². The Morgan fingerprint density at radius 1 is 1.08 bits per heavy atom. The summed E-state index contributed by atoms with van der Waals surface area (Å²) >= 11 is 0. The van der Waals surface area contributed by atoms with Gasteiger partial charge in [-0.3, -0.25) is 0 Å². The maximum atomic E-state index is 9.74. The summed E-state index contributed by atoms with van der Waals surface area (Å²) in [7, 11) is 1.47. The number of ether oxygens (including phenoxy) is 3. The van der Waals surface area contributed by atoms with E-state index in [1.54, 1.807) is 36.4 Å². The van der Waals surface area contributed by atoms with Crippen LogP contribution in [0.25, 0.3) is 6.08 Å². The molecule has 1 aliphatic heterocycles. The van der Waals surface area contributed by atoms with Gasteiger partial charge in [-0.05, 0) is 29.8 Å². The van der Waals surface area contributed by atoms with Crippen molar-refractivity contribution in [3.63, 3.8) is 0 Å². The highest BCUT2D eigenvalue weighted by Gasteiger charge is 2.33. The summed E-state index contributed by atoms with van der Waals surface area (Å²) in [5.74, 6) is 1.45. The van der Waals surface area contributed by atoms with Crippen molar-refractivity contribution >= 4 is 6.08 Å². The van der Waals surface area contributed by atoms with Gasteiger partial charge in [-0.25, -0.2) is 0 Å². The summed E-state index contributed by atoms with van der Waals surface area (Å²) in [6, 6.07) is 10.3. The maximum absolute atomic E-state index is 9.74. The molecular formula is C19H20O6. The Kier molecular flexibility index (Phi) is 5.11. The molecule has 1 aliphatic rings. The van der Waals surface area contributed by atoms with E-state index in [2.05, 4.69) is 0 Å². The lowest BCUT2D eigenvalue weighted by atomic mass is 10.0. The molecule has 0 amide bonds. The van der Waals surface area contributed by atoms with Crippen LogP contribution in [0.1, 0.15) is 17.2 Å². The average Bonchev–Trinajstić information content (AvgIpc) is 2.65. The van der Waals surface area contributed by atoms with E-state index in [0.29, 0.717) is 17.2 Å². The maximum Gasteiger partial charge on any atom is 0.163 e. The van der Waals surface area contributed by atoms with Crippen LogP contribution < -0.4 is 14.2 Å². The number of methoxy groups -OCH3 is 1. The number of phenols is 1. The lowest BCUT2D eigenvalue weighted by molar-refractivity contribution is -0.0124. The smallest absolute Gasteiger partial charge is 0.163 e. The van der Waals surface area contributed by atoms with Crippen LogP contribution in [0.2, 0.25) is 0 Å². The normalized spacial score (nSPS) is 19.2. The monoisotopic (exact) mass is 344 g/mol. The molecule has 6 nitrogen and oxygen atoms in total. The van der Waals surface area contributed by atoms with Gasteiger partial charge in [-0.15, -0.1) is 0 Å². The van der Waals surface area contributed by atoms with E-state index in [1.165, 1.54) is 13.2 Å². The fourth-order valence-electron chi connectivity index (χ4n) is 2.73. The van der Waals surface area contributed by atoms with Gasteiger partial charge in [0, 0.05) is 5.56 Å². The van der Waals surface area contributed by atoms with Gasteiger partial charge in [0.15, 0.2) is 35.2 Å². The van der Waals surface area contributed by atoms with Crippen molar-refractivity contribution in [1.82, 2.24) is 0 Å². The molecule has 0 saturated carbocycles. The summed E-state index contributed by atoms with van der Waals surface area (Å²) in [4.78, 5) is 0. The van der Waals surface area contributed by atoms with Gasteiger partial charge in [0.05, 0.1) is 20.3 Å². The molecule has 0 aliphatic carbocycles. The number of hydrogen-bond acceptors (Lipinski definition) is 6. The quantitative estimate of drug-likeness (QED) is 0.771. The molecule has 3 rings (SSSR count). The van der Waals surface area contributed by atoms with E-state index in [0.717, 1.165) is 11.1 Å². The van der Waals surface area contributed by atoms with Crippen molar-refractivity contribution in [3.05, 3.63) is 53.6 Å². The zero-order valence-corrected chi connectivity index (χ0v) is 13.8. The van der Waals surface area contributed by atoms with E-state index in [4.69, 9.17) is 19.3 Å². The highest BCUT2D eigenvalue weighted by atomic mass is 16.6. The molecule has 0 bridgehead atoms. The zero-order chi connectivity index (χ0) is 17.8. The van der Waals surface area contributed by atoms with Gasteiger partial charge >= 0.3 is 0 Å². The van der Waals surface area contributed by atoms with Gasteiger partial charge in [0.1, 0.15) is 0 Å². The SMILES string of the molecule is COc1cc([C@@H]2Oc3ccc(/C=C/CO)cc3O[C@H]2CO)ccc1O. The largest absolute Gasteiger partial charge is 0.504 e. The lowest BCUT2D eigenvalue weighted by Gasteiger charge is -2.33. The van der Waals surface area contributed by atoms with Crippen LogP contribution in [0, 0.1) is 0 Å². The number of aromatic hydroxyl groups is 1. The highest BCUT2D eigenvalue weighted by molar-refractivity contribution is 5.56. The van der Waals surface area contributed by atoms with Crippen LogP contribution >= 0.6 is 0 Å². The second-order valence-corrected chi connectivity index (χ2v) is 5.60. The Bertz CT molecular complexity index is 771. The summed E-state index contributed by atoms with van der Waals surface area (Å²) in [5, 5.41) is 28.3. The predicted octanol–water partition coefficient (Wildman–Crippen LogP) is 2.28. The van der Waals surface area contributed by atoms with Gasteiger partial charge in [-0.2, -0.15) is 0 Å². The summed E-state index contributed by atoms with van der Waals surface area (Å²) in [6.45, 7) is -0.275. The first-order valence-corrected chi connectivity index (χ1v) is 7.88. The Morgan fingerprint density at radius 3 is 2.64 bits per heavy atom. The molecule has 0 fully saturated rings. The van der Waals surface area contributed by atoms with E-state index >= 15 is 0 Å². The van der Waals surface area contributed by atoms with Gasteiger partial charge in [-0.1, -0.05) is 24.3 Å². The molecule has 3 N–H and O–H groups in total. The molecule has 1 heterocycles. The predicted molar refractivity (Wildman–Crippen MR) is 92.1 cm³/mol. The van der Waals surface area contributed by atoms with Crippen LogP contribution in [0.15, 0.2) is 42.5 Å². The number of aliphatic hydroxyl groups excluding tert-OH is 2. The molecule has 132 valence electrons. The highest BCUT2D eigenvalue weighted by Crippen LogP contribution is 2.41. The minimum absolute atomic E-state index is 0.0317. The van der Waals surface area contributed by atoms with Gasteiger partial charge < -0.3 is 29.5 Å². The Morgan fingerprint density at radius 2 is 1.92 bits per heavy atom. The summed E-state index contributed by atoms with van der Waals surface area (Å²) < 4.78 is 17.1. The van der Waals surface area contributed by atoms with Crippen LogP contribution in [-0.4, -0.2) is 41.7 Å². The molecule has 2 aromatic rings. The number of hydrogen-bond donors (Lipinski definition) is 3. The number of fused-ring (bicyclic) bond motifs is 1. The minimum atomic E-state index is -0.598. The molecule has 6 heteroatoms. The molecule has 0 saturated heterocycles. The van der Waals surface area contributed by atoms with Crippen LogP contribution in [0.4, 0.5) is 0 Å². The van der Waals surface area contributed by atoms with Crippen molar-refractivity contribution in [2.45, 2.75) is 12.2 Å². The second-order valence-electron chi connectivity index (χ2n) is 5.60. The van der Waals surface area contributed by atoms with Crippen molar-refractivity contribution < 1.29 is 29.5 Å².